The molecule has 0 spiro atoms. The molecule has 6 heteroatoms. The van der Waals surface area contributed by atoms with E-state index >= 15 is 0 Å². The summed E-state index contributed by atoms with van der Waals surface area (Å²) >= 11 is 0. The lowest BCUT2D eigenvalue weighted by atomic mass is 10.1. The molecular formula is C11H13F3N2O. The zero-order valence-corrected chi connectivity index (χ0v) is 9.05. The summed E-state index contributed by atoms with van der Waals surface area (Å²) in [6.45, 7) is -0.392. The number of hydrogen-bond acceptors (Lipinski definition) is 2. The number of carbonyl (C=O) groups excluding carboxylic acids is 1. The molecule has 0 bridgehead atoms. The highest BCUT2D eigenvalue weighted by Crippen LogP contribution is 2.18. The van der Waals surface area contributed by atoms with Gasteiger partial charge < -0.3 is 11.1 Å². The van der Waals surface area contributed by atoms with Crippen LogP contribution in [0.25, 0.3) is 0 Å². The average Bonchev–Trinajstić information content (AvgIpc) is 2.19. The van der Waals surface area contributed by atoms with Crippen LogP contribution >= 0.6 is 0 Å². The summed E-state index contributed by atoms with van der Waals surface area (Å²) in [4.78, 5) is 11.3. The van der Waals surface area contributed by atoms with Gasteiger partial charge in [0.15, 0.2) is 0 Å². The van der Waals surface area contributed by atoms with Gasteiger partial charge in [0.25, 0.3) is 0 Å². The van der Waals surface area contributed by atoms with Gasteiger partial charge in [-0.1, -0.05) is 12.1 Å². The Balaban J connectivity index is 2.32. The number of nitrogen functional groups attached to an aromatic ring is 1. The van der Waals surface area contributed by atoms with Crippen molar-refractivity contribution in [2.45, 2.75) is 19.0 Å². The lowest BCUT2D eigenvalue weighted by molar-refractivity contribution is -0.135. The van der Waals surface area contributed by atoms with Gasteiger partial charge in [-0.15, -0.1) is 0 Å². The van der Waals surface area contributed by atoms with Crippen molar-refractivity contribution in [1.29, 1.82) is 0 Å². The van der Waals surface area contributed by atoms with Crippen molar-refractivity contribution in [2.24, 2.45) is 0 Å². The van der Waals surface area contributed by atoms with Gasteiger partial charge in [-0.3, -0.25) is 4.79 Å². The van der Waals surface area contributed by atoms with Gasteiger partial charge >= 0.3 is 6.18 Å². The molecule has 1 amide bonds. The number of hydrogen-bond donors (Lipinski definition) is 2. The third kappa shape index (κ3) is 5.79. The number of halogens is 3. The summed E-state index contributed by atoms with van der Waals surface area (Å²) in [6, 6.07) is 6.61. The number of amides is 1. The zero-order valence-electron chi connectivity index (χ0n) is 9.05. The maximum absolute atomic E-state index is 11.8. The van der Waals surface area contributed by atoms with E-state index < -0.39 is 25.0 Å². The second kappa shape index (κ2) is 5.56. The predicted octanol–water partition coefficient (Wildman–Crippen LogP) is 1.88. The van der Waals surface area contributed by atoms with Gasteiger partial charge in [0.05, 0.1) is 12.8 Å². The number of carbonyl (C=O) groups is 1. The summed E-state index contributed by atoms with van der Waals surface area (Å²) in [5, 5.41) is 2.21. The Hall–Kier alpha value is -1.72. The number of alkyl halides is 3. The SMILES string of the molecule is Nc1ccc(CC(=O)NCCC(F)(F)F)cc1. The van der Waals surface area contributed by atoms with Crippen molar-refractivity contribution in [2.75, 3.05) is 12.3 Å². The van der Waals surface area contributed by atoms with Gasteiger partial charge in [0.2, 0.25) is 5.91 Å². The summed E-state index contributed by atoms with van der Waals surface area (Å²) in [6.07, 6.45) is -5.20. The van der Waals surface area contributed by atoms with Crippen LogP contribution < -0.4 is 11.1 Å². The van der Waals surface area contributed by atoms with E-state index in [1.54, 1.807) is 24.3 Å². The van der Waals surface area contributed by atoms with Crippen LogP contribution in [-0.2, 0) is 11.2 Å². The van der Waals surface area contributed by atoms with E-state index in [0.717, 1.165) is 0 Å². The Bertz CT molecular complexity index is 373. The molecule has 3 N–H and O–H groups in total. The molecule has 17 heavy (non-hydrogen) atoms. The Morgan fingerprint density at radius 3 is 2.35 bits per heavy atom. The summed E-state index contributed by atoms with van der Waals surface area (Å²) in [5.41, 5.74) is 6.75. The molecule has 3 nitrogen and oxygen atoms in total. The van der Waals surface area contributed by atoms with Gasteiger partial charge in [0, 0.05) is 12.2 Å². The number of benzene rings is 1. The number of nitrogens with two attached hydrogens (primary N) is 1. The number of nitrogens with one attached hydrogen (secondary N) is 1. The first-order chi connectivity index (χ1) is 7.87. The molecule has 0 aliphatic carbocycles. The fourth-order valence-corrected chi connectivity index (χ4v) is 1.23. The minimum atomic E-state index is -4.24. The maximum atomic E-state index is 11.8. The normalized spacial score (nSPS) is 11.2. The standard InChI is InChI=1S/C11H13F3N2O/c12-11(13,14)5-6-16-10(17)7-8-1-3-9(15)4-2-8/h1-4H,5-7,15H2,(H,16,17). The predicted molar refractivity (Wildman–Crippen MR) is 58.2 cm³/mol. The quantitative estimate of drug-likeness (QED) is 0.797. The van der Waals surface area contributed by atoms with E-state index in [4.69, 9.17) is 5.73 Å². The smallest absolute Gasteiger partial charge is 0.390 e. The van der Waals surface area contributed by atoms with E-state index in [2.05, 4.69) is 5.32 Å². The van der Waals surface area contributed by atoms with Crippen LogP contribution in [-0.4, -0.2) is 18.6 Å². The monoisotopic (exact) mass is 246 g/mol. The Labute approximate surface area is 96.8 Å². The van der Waals surface area contributed by atoms with Gasteiger partial charge in [-0.05, 0) is 17.7 Å². The summed E-state index contributed by atoms with van der Waals surface area (Å²) < 4.78 is 35.4. The van der Waals surface area contributed by atoms with Crippen LogP contribution in [0.3, 0.4) is 0 Å². The van der Waals surface area contributed by atoms with Crippen LogP contribution in [0.15, 0.2) is 24.3 Å². The number of anilines is 1. The third-order valence-corrected chi connectivity index (χ3v) is 2.08. The second-order valence-electron chi connectivity index (χ2n) is 3.63. The molecule has 94 valence electrons. The Morgan fingerprint density at radius 1 is 1.24 bits per heavy atom. The van der Waals surface area contributed by atoms with Crippen LogP contribution in [0.1, 0.15) is 12.0 Å². The number of rotatable bonds is 4. The lowest BCUT2D eigenvalue weighted by Crippen LogP contribution is -2.29. The first-order valence-corrected chi connectivity index (χ1v) is 5.05. The second-order valence-corrected chi connectivity index (χ2v) is 3.63. The molecule has 0 fully saturated rings. The molecule has 0 radical (unpaired) electrons. The van der Waals surface area contributed by atoms with E-state index in [1.807, 2.05) is 0 Å². The minimum Gasteiger partial charge on any atom is -0.399 e. The van der Waals surface area contributed by atoms with Crippen molar-refractivity contribution < 1.29 is 18.0 Å². The van der Waals surface area contributed by atoms with Crippen molar-refractivity contribution in [3.05, 3.63) is 29.8 Å². The van der Waals surface area contributed by atoms with Gasteiger partial charge in [-0.25, -0.2) is 0 Å². The van der Waals surface area contributed by atoms with Crippen molar-refractivity contribution in [3.63, 3.8) is 0 Å². The highest BCUT2D eigenvalue weighted by atomic mass is 19.4. The van der Waals surface area contributed by atoms with E-state index in [1.165, 1.54) is 0 Å². The molecule has 0 saturated carbocycles. The molecule has 0 aromatic heterocycles. The van der Waals surface area contributed by atoms with Crippen LogP contribution in [0.2, 0.25) is 0 Å². The molecule has 0 saturated heterocycles. The lowest BCUT2D eigenvalue weighted by Gasteiger charge is -2.07. The molecule has 0 atom stereocenters. The minimum absolute atomic E-state index is 0.0537. The Morgan fingerprint density at radius 2 is 1.82 bits per heavy atom. The van der Waals surface area contributed by atoms with Crippen LogP contribution in [0.5, 0.6) is 0 Å². The van der Waals surface area contributed by atoms with Crippen LogP contribution in [0.4, 0.5) is 18.9 Å². The van der Waals surface area contributed by atoms with E-state index in [9.17, 15) is 18.0 Å². The molecule has 1 aromatic rings. The first-order valence-electron chi connectivity index (χ1n) is 5.05. The largest absolute Gasteiger partial charge is 0.399 e. The van der Waals surface area contributed by atoms with Crippen LogP contribution in [0, 0.1) is 0 Å². The average molecular weight is 246 g/mol. The highest BCUT2D eigenvalue weighted by Gasteiger charge is 2.26. The van der Waals surface area contributed by atoms with Gasteiger partial charge in [-0.2, -0.15) is 13.2 Å². The Kier molecular flexibility index (Phi) is 4.37. The third-order valence-electron chi connectivity index (χ3n) is 2.08. The highest BCUT2D eigenvalue weighted by molar-refractivity contribution is 5.78. The van der Waals surface area contributed by atoms with Gasteiger partial charge in [0.1, 0.15) is 0 Å². The fraction of sp³-hybridized carbons (Fsp3) is 0.364. The molecule has 0 aliphatic rings. The first kappa shape index (κ1) is 13.3. The summed E-state index contributed by atoms with van der Waals surface area (Å²) in [5.74, 6) is -0.431. The molecule has 0 heterocycles. The fourth-order valence-electron chi connectivity index (χ4n) is 1.23. The molecule has 1 aromatic carbocycles. The van der Waals surface area contributed by atoms with E-state index in [0.29, 0.717) is 11.3 Å². The van der Waals surface area contributed by atoms with E-state index in [-0.39, 0.29) is 6.42 Å². The topological polar surface area (TPSA) is 55.1 Å². The zero-order chi connectivity index (χ0) is 12.9. The van der Waals surface area contributed by atoms with Crippen molar-refractivity contribution >= 4 is 11.6 Å². The molecule has 1 rings (SSSR count). The molecule has 0 unspecified atom stereocenters. The summed E-state index contributed by atoms with van der Waals surface area (Å²) in [7, 11) is 0. The van der Waals surface area contributed by atoms with Crippen molar-refractivity contribution in [1.82, 2.24) is 5.32 Å². The van der Waals surface area contributed by atoms with Crippen molar-refractivity contribution in [3.8, 4) is 0 Å². The maximum Gasteiger partial charge on any atom is 0.390 e. The molecule has 0 aliphatic heterocycles. The molecular weight excluding hydrogens is 233 g/mol.